The normalized spacial score (nSPS) is 30.5. The lowest BCUT2D eigenvalue weighted by Gasteiger charge is -2.38. The molecule has 1 aromatic carbocycles. The summed E-state index contributed by atoms with van der Waals surface area (Å²) in [6.45, 7) is 1.36. The zero-order chi connectivity index (χ0) is 17.1. The average Bonchev–Trinajstić information content (AvgIpc) is 2.48. The number of carboxylic acids is 1. The maximum atomic E-state index is 11.0. The summed E-state index contributed by atoms with van der Waals surface area (Å²) in [5, 5.41) is 40.6. The highest BCUT2D eigenvalue weighted by atomic mass is 16.7. The first kappa shape index (κ1) is 17.2. The van der Waals surface area contributed by atoms with Crippen molar-refractivity contribution in [2.75, 3.05) is 5.32 Å². The molecule has 9 heteroatoms. The highest BCUT2D eigenvalue weighted by Crippen LogP contribution is 2.25. The van der Waals surface area contributed by atoms with Gasteiger partial charge in [-0.2, -0.15) is 0 Å². The lowest BCUT2D eigenvalue weighted by Crippen LogP contribution is -2.61. The predicted molar refractivity (Wildman–Crippen MR) is 75.7 cm³/mol. The molecular formula is C14H17NO8. The van der Waals surface area contributed by atoms with Crippen molar-refractivity contribution < 1.29 is 39.5 Å². The van der Waals surface area contributed by atoms with Gasteiger partial charge in [-0.05, 0) is 24.3 Å². The van der Waals surface area contributed by atoms with E-state index >= 15 is 0 Å². The van der Waals surface area contributed by atoms with Crippen molar-refractivity contribution in [2.45, 2.75) is 37.6 Å². The van der Waals surface area contributed by atoms with Crippen molar-refractivity contribution in [3.63, 3.8) is 0 Å². The molecule has 1 amide bonds. The van der Waals surface area contributed by atoms with Crippen LogP contribution in [0, 0.1) is 0 Å². The van der Waals surface area contributed by atoms with E-state index in [0.717, 1.165) is 0 Å². The molecule has 1 fully saturated rings. The van der Waals surface area contributed by atoms with Crippen molar-refractivity contribution in [3.05, 3.63) is 24.3 Å². The van der Waals surface area contributed by atoms with Crippen LogP contribution in [0.15, 0.2) is 24.3 Å². The Labute approximate surface area is 131 Å². The molecule has 23 heavy (non-hydrogen) atoms. The molecule has 1 saturated heterocycles. The van der Waals surface area contributed by atoms with Crippen LogP contribution in [0.2, 0.25) is 0 Å². The number of hydrogen-bond acceptors (Lipinski definition) is 7. The average molecular weight is 327 g/mol. The number of aliphatic hydroxyl groups is 3. The van der Waals surface area contributed by atoms with Gasteiger partial charge in [-0.15, -0.1) is 0 Å². The molecular weight excluding hydrogens is 310 g/mol. The van der Waals surface area contributed by atoms with Crippen LogP contribution in [0.1, 0.15) is 6.92 Å². The second-order valence-corrected chi connectivity index (χ2v) is 5.06. The van der Waals surface area contributed by atoms with Crippen molar-refractivity contribution >= 4 is 17.6 Å². The summed E-state index contributed by atoms with van der Waals surface area (Å²) < 4.78 is 10.3. The summed E-state index contributed by atoms with van der Waals surface area (Å²) in [6, 6.07) is 6.00. The van der Waals surface area contributed by atoms with Crippen LogP contribution in [0.4, 0.5) is 5.69 Å². The van der Waals surface area contributed by atoms with Crippen LogP contribution in [0.3, 0.4) is 0 Å². The van der Waals surface area contributed by atoms with E-state index in [1.165, 1.54) is 31.2 Å². The fraction of sp³-hybridized carbons (Fsp3) is 0.429. The van der Waals surface area contributed by atoms with Gasteiger partial charge in [-0.3, -0.25) is 4.79 Å². The third-order valence-corrected chi connectivity index (χ3v) is 3.24. The zero-order valence-corrected chi connectivity index (χ0v) is 12.1. The van der Waals surface area contributed by atoms with E-state index in [4.69, 9.17) is 14.6 Å². The third-order valence-electron chi connectivity index (χ3n) is 3.24. The van der Waals surface area contributed by atoms with Crippen LogP contribution in [-0.4, -0.2) is 63.0 Å². The zero-order valence-electron chi connectivity index (χ0n) is 12.1. The summed E-state index contributed by atoms with van der Waals surface area (Å²) >= 11 is 0. The molecule has 9 nitrogen and oxygen atoms in total. The number of hydrogen-bond donors (Lipinski definition) is 5. The molecule has 0 aromatic heterocycles. The van der Waals surface area contributed by atoms with E-state index in [2.05, 4.69) is 5.32 Å². The first-order valence-electron chi connectivity index (χ1n) is 6.76. The van der Waals surface area contributed by atoms with Crippen LogP contribution < -0.4 is 10.1 Å². The van der Waals surface area contributed by atoms with Gasteiger partial charge in [0.05, 0.1) is 0 Å². The maximum absolute atomic E-state index is 11.0. The molecule has 0 bridgehead atoms. The van der Waals surface area contributed by atoms with Gasteiger partial charge in [0.2, 0.25) is 12.2 Å². The van der Waals surface area contributed by atoms with Crippen molar-refractivity contribution in [2.24, 2.45) is 0 Å². The van der Waals surface area contributed by atoms with Gasteiger partial charge in [0, 0.05) is 12.6 Å². The predicted octanol–water partition coefficient (Wildman–Crippen LogP) is -1.08. The minimum atomic E-state index is -1.77. The Hall–Kier alpha value is -2.20. The Morgan fingerprint density at radius 1 is 1.09 bits per heavy atom. The first-order chi connectivity index (χ1) is 10.8. The summed E-state index contributed by atoms with van der Waals surface area (Å²) in [6.07, 6.45) is -8.33. The Bertz CT molecular complexity index is 575. The van der Waals surface area contributed by atoms with Crippen molar-refractivity contribution in [1.82, 2.24) is 0 Å². The third kappa shape index (κ3) is 3.96. The van der Waals surface area contributed by atoms with Gasteiger partial charge < -0.3 is 35.2 Å². The monoisotopic (exact) mass is 327 g/mol. The minimum Gasteiger partial charge on any atom is -0.479 e. The van der Waals surface area contributed by atoms with E-state index in [-0.39, 0.29) is 11.7 Å². The number of anilines is 1. The molecule has 1 aliphatic heterocycles. The molecule has 0 saturated carbocycles. The molecule has 0 spiro atoms. The Morgan fingerprint density at radius 3 is 2.22 bits per heavy atom. The smallest absolute Gasteiger partial charge is 0.335 e. The molecule has 1 heterocycles. The number of aliphatic carboxylic acids is 1. The van der Waals surface area contributed by atoms with Crippen LogP contribution in [0.5, 0.6) is 5.75 Å². The maximum Gasteiger partial charge on any atom is 0.335 e. The molecule has 0 radical (unpaired) electrons. The number of carboxylic acid groups (broad SMARTS) is 1. The van der Waals surface area contributed by atoms with Gasteiger partial charge in [-0.25, -0.2) is 4.79 Å². The topological polar surface area (TPSA) is 146 Å². The number of nitrogens with one attached hydrogen (secondary N) is 1. The number of aliphatic hydroxyl groups excluding tert-OH is 3. The summed E-state index contributed by atoms with van der Waals surface area (Å²) in [5.74, 6) is -1.51. The van der Waals surface area contributed by atoms with E-state index in [0.29, 0.717) is 5.69 Å². The summed E-state index contributed by atoms with van der Waals surface area (Å²) in [7, 11) is 0. The fourth-order valence-electron chi connectivity index (χ4n) is 2.10. The summed E-state index contributed by atoms with van der Waals surface area (Å²) in [5.41, 5.74) is 0.522. The van der Waals surface area contributed by atoms with Gasteiger partial charge in [0.25, 0.3) is 0 Å². The van der Waals surface area contributed by atoms with Crippen molar-refractivity contribution in [3.8, 4) is 5.75 Å². The minimum absolute atomic E-state index is 0.218. The highest BCUT2D eigenvalue weighted by Gasteiger charge is 2.48. The van der Waals surface area contributed by atoms with E-state index in [1.807, 2.05) is 0 Å². The Kier molecular flexibility index (Phi) is 5.16. The molecule has 5 N–H and O–H groups in total. The second-order valence-electron chi connectivity index (χ2n) is 5.06. The quantitative estimate of drug-likeness (QED) is 0.469. The van der Waals surface area contributed by atoms with E-state index in [1.54, 1.807) is 0 Å². The van der Waals surface area contributed by atoms with Crippen LogP contribution in [-0.2, 0) is 14.3 Å². The van der Waals surface area contributed by atoms with Gasteiger partial charge in [0.15, 0.2) is 6.10 Å². The first-order valence-corrected chi connectivity index (χ1v) is 6.76. The molecule has 1 aliphatic rings. The second kappa shape index (κ2) is 6.92. The highest BCUT2D eigenvalue weighted by molar-refractivity contribution is 5.88. The van der Waals surface area contributed by atoms with E-state index in [9.17, 15) is 24.9 Å². The van der Waals surface area contributed by atoms with Gasteiger partial charge in [0.1, 0.15) is 24.1 Å². The lowest BCUT2D eigenvalue weighted by molar-refractivity contribution is -0.271. The molecule has 2 rings (SSSR count). The van der Waals surface area contributed by atoms with Crippen molar-refractivity contribution in [1.29, 1.82) is 0 Å². The standard InChI is InChI=1S/C14H17NO8/c1-6(16)15-7-2-4-8(5-3-7)22-14-11(19)9(17)10(18)12(23-14)13(20)21/h2-5,9-12,14,17-19H,1H3,(H,15,16)(H,20,21)/t9-,10-,11+,12-,14-/m0/s1. The van der Waals surface area contributed by atoms with Gasteiger partial charge >= 0.3 is 5.97 Å². The summed E-state index contributed by atoms with van der Waals surface area (Å²) in [4.78, 5) is 21.9. The Morgan fingerprint density at radius 2 is 1.70 bits per heavy atom. The molecule has 5 atom stereocenters. The number of rotatable bonds is 4. The Balaban J connectivity index is 2.08. The number of ether oxygens (including phenoxy) is 2. The molecule has 126 valence electrons. The SMILES string of the molecule is CC(=O)Nc1ccc(O[C@H]2O[C@H](C(=O)O)[C@@H](O)[C@H](O)[C@H]2O)cc1. The largest absolute Gasteiger partial charge is 0.479 e. The molecule has 0 aliphatic carbocycles. The lowest BCUT2D eigenvalue weighted by atomic mass is 9.99. The fourth-order valence-corrected chi connectivity index (χ4v) is 2.10. The molecule has 1 aromatic rings. The number of benzene rings is 1. The van der Waals surface area contributed by atoms with Crippen LogP contribution in [0.25, 0.3) is 0 Å². The van der Waals surface area contributed by atoms with E-state index < -0.39 is 36.7 Å². The van der Waals surface area contributed by atoms with Gasteiger partial charge in [-0.1, -0.05) is 0 Å². The molecule has 0 unspecified atom stereocenters. The number of carbonyl (C=O) groups is 2. The number of carbonyl (C=O) groups excluding carboxylic acids is 1. The number of amides is 1. The van der Waals surface area contributed by atoms with Crippen LogP contribution >= 0.6 is 0 Å².